The van der Waals surface area contributed by atoms with Gasteiger partial charge in [-0.15, -0.1) is 0 Å². The van der Waals surface area contributed by atoms with Crippen LogP contribution >= 0.6 is 0 Å². The van der Waals surface area contributed by atoms with Gasteiger partial charge in [-0.2, -0.15) is 0 Å². The molecule has 1 fully saturated rings. The first-order valence-corrected chi connectivity index (χ1v) is 10.3. The van der Waals surface area contributed by atoms with Gasteiger partial charge in [-0.25, -0.2) is 17.6 Å². The molecule has 26 heavy (non-hydrogen) atoms. The van der Waals surface area contributed by atoms with Crippen molar-refractivity contribution in [3.8, 4) is 0 Å². The number of urea groups is 1. The number of halogens is 1. The molecule has 2 heterocycles. The third-order valence-corrected chi connectivity index (χ3v) is 6.11. The molecular weight excluding hydrogens is 359 g/mol. The average molecular weight is 380 g/mol. The lowest BCUT2D eigenvalue weighted by molar-refractivity contribution is 0.202. The van der Waals surface area contributed by atoms with Crippen LogP contribution in [0, 0.1) is 5.82 Å². The molecule has 1 N–H and O–H groups in total. The molecule has 6 nitrogen and oxygen atoms in total. The van der Waals surface area contributed by atoms with E-state index in [1.807, 2.05) is 6.07 Å². The Morgan fingerprint density at radius 3 is 2.50 bits per heavy atom. The first-order chi connectivity index (χ1) is 12.4. The number of rotatable bonds is 5. The zero-order valence-electron chi connectivity index (χ0n) is 14.2. The number of nitrogens with one attached hydrogen (secondary N) is 1. The van der Waals surface area contributed by atoms with Crippen molar-refractivity contribution in [2.24, 2.45) is 0 Å². The first kappa shape index (κ1) is 18.4. The van der Waals surface area contributed by atoms with Crippen molar-refractivity contribution in [2.75, 3.05) is 31.1 Å². The van der Waals surface area contributed by atoms with Crippen LogP contribution in [0.25, 0.3) is 0 Å². The summed E-state index contributed by atoms with van der Waals surface area (Å²) in [7, 11) is -3.02. The minimum absolute atomic E-state index is 0.00498. The molecule has 1 atom stereocenters. The second-order valence-corrected chi connectivity index (χ2v) is 8.58. The maximum Gasteiger partial charge on any atom is 0.317 e. The molecule has 8 heteroatoms. The Labute approximate surface area is 151 Å². The van der Waals surface area contributed by atoms with E-state index >= 15 is 0 Å². The van der Waals surface area contributed by atoms with Gasteiger partial charge in [0.2, 0.25) is 0 Å². The summed E-state index contributed by atoms with van der Waals surface area (Å²) in [6, 6.07) is 9.59. The molecule has 1 aliphatic heterocycles. The molecule has 140 valence electrons. The maximum atomic E-state index is 13.2. The summed E-state index contributed by atoms with van der Waals surface area (Å²) in [5.74, 6) is 0.346. The van der Waals surface area contributed by atoms with Crippen molar-refractivity contribution in [3.63, 3.8) is 0 Å². The smallest absolute Gasteiger partial charge is 0.317 e. The Balaban J connectivity index is 1.58. The van der Waals surface area contributed by atoms with E-state index in [0.29, 0.717) is 13.0 Å². The normalized spacial score (nSPS) is 17.7. The predicted octanol–water partition coefficient (Wildman–Crippen LogP) is 2.38. The van der Waals surface area contributed by atoms with E-state index in [1.165, 1.54) is 17.0 Å². The minimum Gasteiger partial charge on any atom is -0.469 e. The molecule has 0 unspecified atom stereocenters. The number of hydrogen-bond donors (Lipinski definition) is 1. The topological polar surface area (TPSA) is 79.6 Å². The molecule has 0 radical (unpaired) electrons. The van der Waals surface area contributed by atoms with E-state index in [9.17, 15) is 17.6 Å². The summed E-state index contributed by atoms with van der Waals surface area (Å²) >= 11 is 0. The van der Waals surface area contributed by atoms with E-state index in [1.54, 1.807) is 24.5 Å². The Morgan fingerprint density at radius 2 is 1.88 bits per heavy atom. The number of hydrogen-bond acceptors (Lipinski definition) is 4. The maximum absolute atomic E-state index is 13.2. The van der Waals surface area contributed by atoms with E-state index < -0.39 is 9.84 Å². The average Bonchev–Trinajstić information content (AvgIpc) is 3.14. The van der Waals surface area contributed by atoms with Crippen molar-refractivity contribution in [3.05, 3.63) is 59.8 Å². The second-order valence-electron chi connectivity index (χ2n) is 6.28. The number of nitrogens with zero attached hydrogens (tertiary/aromatic N) is 1. The SMILES string of the molecule is O=C(NCC[C@H](c1ccc(F)cc1)c1ccco1)N1CCS(=O)(=O)CC1. The molecule has 0 bridgehead atoms. The number of carbonyl (C=O) groups excluding carboxylic acids is 1. The van der Waals surface area contributed by atoms with Crippen molar-refractivity contribution in [1.29, 1.82) is 0 Å². The lowest BCUT2D eigenvalue weighted by atomic mass is 9.93. The van der Waals surface area contributed by atoms with Crippen LogP contribution in [0.1, 0.15) is 23.7 Å². The largest absolute Gasteiger partial charge is 0.469 e. The number of sulfone groups is 1. The number of amides is 2. The van der Waals surface area contributed by atoms with Crippen molar-refractivity contribution >= 4 is 15.9 Å². The molecule has 1 saturated heterocycles. The van der Waals surface area contributed by atoms with Gasteiger partial charge in [0.25, 0.3) is 0 Å². The van der Waals surface area contributed by atoms with Gasteiger partial charge in [-0.1, -0.05) is 12.1 Å². The van der Waals surface area contributed by atoms with Crippen molar-refractivity contribution in [1.82, 2.24) is 10.2 Å². The van der Waals surface area contributed by atoms with Crippen LogP contribution in [-0.4, -0.2) is 50.5 Å². The van der Waals surface area contributed by atoms with Crippen molar-refractivity contribution < 1.29 is 22.0 Å². The number of furan rings is 1. The van der Waals surface area contributed by atoms with Crippen LogP contribution in [-0.2, 0) is 9.84 Å². The molecule has 0 aliphatic carbocycles. The van der Waals surface area contributed by atoms with Crippen LogP contribution in [0.3, 0.4) is 0 Å². The van der Waals surface area contributed by atoms with E-state index in [2.05, 4.69) is 5.32 Å². The summed E-state index contributed by atoms with van der Waals surface area (Å²) in [5, 5.41) is 2.83. The Bertz CT molecular complexity index is 821. The second kappa shape index (κ2) is 7.90. The highest BCUT2D eigenvalue weighted by Gasteiger charge is 2.25. The molecule has 2 amide bonds. The van der Waals surface area contributed by atoms with Gasteiger partial charge < -0.3 is 14.6 Å². The zero-order chi connectivity index (χ0) is 18.6. The van der Waals surface area contributed by atoms with Gasteiger partial charge in [-0.05, 0) is 36.2 Å². The molecule has 3 rings (SSSR count). The predicted molar refractivity (Wildman–Crippen MR) is 95.2 cm³/mol. The molecule has 1 aromatic carbocycles. The highest BCUT2D eigenvalue weighted by atomic mass is 32.2. The van der Waals surface area contributed by atoms with Crippen LogP contribution in [0.4, 0.5) is 9.18 Å². The van der Waals surface area contributed by atoms with Crippen LogP contribution < -0.4 is 5.32 Å². The van der Waals surface area contributed by atoms with E-state index in [4.69, 9.17) is 4.42 Å². The molecule has 2 aromatic rings. The van der Waals surface area contributed by atoms with Gasteiger partial charge in [0.15, 0.2) is 9.84 Å². The summed E-state index contributed by atoms with van der Waals surface area (Å²) in [5.41, 5.74) is 0.902. The standard InChI is InChI=1S/C18H21FN2O4S/c19-15-5-3-14(4-6-15)16(17-2-1-11-25-17)7-8-20-18(22)21-9-12-26(23,24)13-10-21/h1-6,11,16H,7-10,12-13H2,(H,20,22)/t16-/m1/s1. The number of benzene rings is 1. The highest BCUT2D eigenvalue weighted by Crippen LogP contribution is 2.28. The number of carbonyl (C=O) groups is 1. The fourth-order valence-corrected chi connectivity index (χ4v) is 4.21. The summed E-state index contributed by atoms with van der Waals surface area (Å²) in [6.45, 7) is 0.826. The summed E-state index contributed by atoms with van der Waals surface area (Å²) in [4.78, 5) is 13.7. The lowest BCUT2D eigenvalue weighted by Gasteiger charge is -2.27. The molecule has 0 saturated carbocycles. The Morgan fingerprint density at radius 1 is 1.19 bits per heavy atom. The van der Waals surface area contributed by atoms with Gasteiger partial charge in [0.05, 0.1) is 17.8 Å². The third kappa shape index (κ3) is 4.63. The Hall–Kier alpha value is -2.35. The van der Waals surface area contributed by atoms with E-state index in [0.717, 1.165) is 11.3 Å². The molecule has 1 aliphatic rings. The minimum atomic E-state index is -3.02. The molecule has 0 spiro atoms. The van der Waals surface area contributed by atoms with Crippen LogP contribution in [0.15, 0.2) is 47.1 Å². The Kier molecular flexibility index (Phi) is 5.61. The quantitative estimate of drug-likeness (QED) is 0.864. The van der Waals surface area contributed by atoms with Gasteiger partial charge in [0, 0.05) is 25.6 Å². The first-order valence-electron chi connectivity index (χ1n) is 8.47. The molecular formula is C18H21FN2O4S. The zero-order valence-corrected chi connectivity index (χ0v) is 15.0. The van der Waals surface area contributed by atoms with Crippen LogP contribution in [0.5, 0.6) is 0 Å². The monoisotopic (exact) mass is 380 g/mol. The van der Waals surface area contributed by atoms with Crippen molar-refractivity contribution in [2.45, 2.75) is 12.3 Å². The van der Waals surface area contributed by atoms with Crippen LogP contribution in [0.2, 0.25) is 0 Å². The molecule has 1 aromatic heterocycles. The van der Waals surface area contributed by atoms with Gasteiger partial charge in [0.1, 0.15) is 11.6 Å². The fourth-order valence-electron chi connectivity index (χ4n) is 3.01. The highest BCUT2D eigenvalue weighted by molar-refractivity contribution is 7.91. The fraction of sp³-hybridized carbons (Fsp3) is 0.389. The lowest BCUT2D eigenvalue weighted by Crippen LogP contribution is -2.48. The van der Waals surface area contributed by atoms with Gasteiger partial charge >= 0.3 is 6.03 Å². The van der Waals surface area contributed by atoms with E-state index in [-0.39, 0.29) is 42.4 Å². The summed E-state index contributed by atoms with van der Waals surface area (Å²) in [6.07, 6.45) is 2.16. The van der Waals surface area contributed by atoms with Gasteiger partial charge in [-0.3, -0.25) is 0 Å². The third-order valence-electron chi connectivity index (χ3n) is 4.50. The summed E-state index contributed by atoms with van der Waals surface area (Å²) < 4.78 is 41.6.